The van der Waals surface area contributed by atoms with Gasteiger partial charge in [-0.25, -0.2) is 4.79 Å². The summed E-state index contributed by atoms with van der Waals surface area (Å²) in [5.74, 6) is -1.27. The minimum absolute atomic E-state index is 0.00732. The zero-order valence-electron chi connectivity index (χ0n) is 13.0. The molecule has 0 aliphatic rings. The number of carbonyl (C=O) groups excluding carboxylic acids is 1. The number of ether oxygens (including phenoxy) is 1. The number of nitrogens with two attached hydrogens (primary N) is 1. The summed E-state index contributed by atoms with van der Waals surface area (Å²) < 4.78 is 5.41. The molecule has 2 amide bonds. The van der Waals surface area contributed by atoms with E-state index in [1.165, 1.54) is 11.8 Å². The number of para-hydroxylation sites is 1. The number of rotatable bonds is 6. The Hall–Kier alpha value is -2.73. The molecule has 2 aromatic rings. The molecule has 3 N–H and O–H groups in total. The maximum Gasteiger partial charge on any atom is 0.323 e. The molecule has 0 bridgehead atoms. The molecule has 0 aromatic heterocycles. The zero-order chi connectivity index (χ0) is 17.7. The van der Waals surface area contributed by atoms with Crippen molar-refractivity contribution in [3.63, 3.8) is 0 Å². The number of carboxylic acid groups (broad SMARTS) is 1. The fourth-order valence-electron chi connectivity index (χ4n) is 2.01. The number of primary amides is 1. The monoisotopic (exact) mass is 348 g/mol. The summed E-state index contributed by atoms with van der Waals surface area (Å²) in [6.45, 7) is 1.53. The number of carboxylic acids is 1. The number of benzene rings is 2. The second-order valence-corrected chi connectivity index (χ2v) is 5.58. The standard InChI is InChI=1S/C17H17ClN2O4/c1-11(16(21)22)10-24-15-8-7-13(9-14(15)18)20(17(19)23)12-5-3-2-4-6-12/h2-9,11H,10H2,1H3,(H2,19,23)(H,21,22). The van der Waals surface area contributed by atoms with Gasteiger partial charge in [0.05, 0.1) is 22.3 Å². The lowest BCUT2D eigenvalue weighted by Crippen LogP contribution is -2.31. The van der Waals surface area contributed by atoms with E-state index in [0.29, 0.717) is 17.1 Å². The number of urea groups is 1. The van der Waals surface area contributed by atoms with Gasteiger partial charge in [0, 0.05) is 0 Å². The van der Waals surface area contributed by atoms with Crippen LogP contribution < -0.4 is 15.4 Å². The molecule has 7 heteroatoms. The fraction of sp³-hybridized carbons (Fsp3) is 0.176. The van der Waals surface area contributed by atoms with Crippen molar-refractivity contribution in [3.8, 4) is 5.75 Å². The third-order valence-electron chi connectivity index (χ3n) is 3.32. The van der Waals surface area contributed by atoms with Gasteiger partial charge in [0.15, 0.2) is 0 Å². The van der Waals surface area contributed by atoms with E-state index in [2.05, 4.69) is 0 Å². The molecule has 0 heterocycles. The van der Waals surface area contributed by atoms with Gasteiger partial charge in [-0.2, -0.15) is 0 Å². The smallest absolute Gasteiger partial charge is 0.323 e. The van der Waals surface area contributed by atoms with E-state index in [1.54, 1.807) is 42.5 Å². The second-order valence-electron chi connectivity index (χ2n) is 5.17. The molecule has 0 fully saturated rings. The molecule has 2 aromatic carbocycles. The summed E-state index contributed by atoms with van der Waals surface area (Å²) in [7, 11) is 0. The lowest BCUT2D eigenvalue weighted by atomic mass is 10.2. The van der Waals surface area contributed by atoms with Crippen molar-refractivity contribution in [2.45, 2.75) is 6.92 Å². The van der Waals surface area contributed by atoms with Crippen LogP contribution >= 0.6 is 11.6 Å². The van der Waals surface area contributed by atoms with Crippen molar-refractivity contribution in [2.75, 3.05) is 11.5 Å². The Balaban J connectivity index is 2.24. The predicted molar refractivity (Wildman–Crippen MR) is 91.9 cm³/mol. The Morgan fingerprint density at radius 1 is 1.21 bits per heavy atom. The second kappa shape index (κ2) is 7.70. The number of carbonyl (C=O) groups is 2. The third-order valence-corrected chi connectivity index (χ3v) is 3.61. The van der Waals surface area contributed by atoms with Gasteiger partial charge in [-0.1, -0.05) is 29.8 Å². The van der Waals surface area contributed by atoms with E-state index >= 15 is 0 Å². The largest absolute Gasteiger partial charge is 0.491 e. The highest BCUT2D eigenvalue weighted by Gasteiger charge is 2.17. The van der Waals surface area contributed by atoms with E-state index in [4.69, 9.17) is 27.2 Å². The summed E-state index contributed by atoms with van der Waals surface area (Å²) in [5.41, 5.74) is 6.56. The van der Waals surface area contributed by atoms with Crippen molar-refractivity contribution < 1.29 is 19.4 Å². The van der Waals surface area contributed by atoms with Gasteiger partial charge in [-0.05, 0) is 37.3 Å². The van der Waals surface area contributed by atoms with E-state index in [0.717, 1.165) is 0 Å². The summed E-state index contributed by atoms with van der Waals surface area (Å²) in [4.78, 5) is 23.9. The van der Waals surface area contributed by atoms with Crippen LogP contribution in [-0.4, -0.2) is 23.7 Å². The van der Waals surface area contributed by atoms with Gasteiger partial charge < -0.3 is 15.6 Å². The molecule has 24 heavy (non-hydrogen) atoms. The average molecular weight is 349 g/mol. The van der Waals surface area contributed by atoms with Crippen LogP contribution in [0.25, 0.3) is 0 Å². The van der Waals surface area contributed by atoms with Gasteiger partial charge in [0.2, 0.25) is 0 Å². The SMILES string of the molecule is CC(COc1ccc(N(C(N)=O)c2ccccc2)cc1Cl)C(=O)O. The normalized spacial score (nSPS) is 11.6. The Morgan fingerprint density at radius 3 is 2.42 bits per heavy atom. The molecule has 0 aliphatic heterocycles. The van der Waals surface area contributed by atoms with E-state index in [1.807, 2.05) is 6.07 Å². The van der Waals surface area contributed by atoms with Crippen LogP contribution in [0.1, 0.15) is 6.92 Å². The molecule has 126 valence electrons. The number of amides is 2. The quantitative estimate of drug-likeness (QED) is 0.833. The molecule has 0 saturated carbocycles. The van der Waals surface area contributed by atoms with Crippen LogP contribution in [0.4, 0.5) is 16.2 Å². The summed E-state index contributed by atoms with van der Waals surface area (Å²) in [6.07, 6.45) is 0. The van der Waals surface area contributed by atoms with E-state index < -0.39 is 17.9 Å². The Labute approximate surface area is 144 Å². The summed E-state index contributed by atoms with van der Waals surface area (Å²) in [6, 6.07) is 13.0. The minimum Gasteiger partial charge on any atom is -0.491 e. The average Bonchev–Trinajstić information content (AvgIpc) is 2.54. The fourth-order valence-corrected chi connectivity index (χ4v) is 2.24. The highest BCUT2D eigenvalue weighted by molar-refractivity contribution is 6.32. The maximum absolute atomic E-state index is 11.8. The van der Waals surface area contributed by atoms with Crippen LogP contribution in [0.3, 0.4) is 0 Å². The van der Waals surface area contributed by atoms with Crippen molar-refractivity contribution >= 4 is 35.0 Å². The molecule has 0 radical (unpaired) electrons. The molecule has 1 atom stereocenters. The first-order valence-electron chi connectivity index (χ1n) is 7.20. The van der Waals surface area contributed by atoms with Gasteiger partial charge in [0.25, 0.3) is 0 Å². The number of nitrogens with zero attached hydrogens (tertiary/aromatic N) is 1. The highest BCUT2D eigenvalue weighted by Crippen LogP contribution is 2.33. The zero-order valence-corrected chi connectivity index (χ0v) is 13.7. The molecule has 0 saturated heterocycles. The number of hydrogen-bond acceptors (Lipinski definition) is 3. The first-order chi connectivity index (χ1) is 11.4. The first kappa shape index (κ1) is 17.6. The van der Waals surface area contributed by atoms with Crippen LogP contribution in [0.2, 0.25) is 5.02 Å². The van der Waals surface area contributed by atoms with E-state index in [-0.39, 0.29) is 11.6 Å². The Kier molecular flexibility index (Phi) is 5.65. The summed E-state index contributed by atoms with van der Waals surface area (Å²) in [5, 5.41) is 9.12. The predicted octanol–water partition coefficient (Wildman–Crippen LogP) is 3.66. The molecule has 0 aliphatic carbocycles. The topological polar surface area (TPSA) is 92.9 Å². The van der Waals surface area contributed by atoms with Gasteiger partial charge in [0.1, 0.15) is 12.4 Å². The highest BCUT2D eigenvalue weighted by atomic mass is 35.5. The van der Waals surface area contributed by atoms with Crippen molar-refractivity contribution in [3.05, 3.63) is 53.6 Å². The molecule has 0 spiro atoms. The first-order valence-corrected chi connectivity index (χ1v) is 7.57. The molecule has 2 rings (SSSR count). The number of anilines is 2. The van der Waals surface area contributed by atoms with Crippen molar-refractivity contribution in [2.24, 2.45) is 11.7 Å². The van der Waals surface area contributed by atoms with Gasteiger partial charge in [-0.15, -0.1) is 0 Å². The Morgan fingerprint density at radius 2 is 1.88 bits per heavy atom. The molecule has 6 nitrogen and oxygen atoms in total. The molecule has 1 unspecified atom stereocenters. The number of aliphatic carboxylic acids is 1. The Bertz CT molecular complexity index is 737. The lowest BCUT2D eigenvalue weighted by molar-refractivity contribution is -0.142. The third kappa shape index (κ3) is 4.17. The summed E-state index contributed by atoms with van der Waals surface area (Å²) >= 11 is 6.18. The molecular formula is C17H17ClN2O4. The van der Waals surface area contributed by atoms with Gasteiger partial charge in [-0.3, -0.25) is 9.69 Å². The van der Waals surface area contributed by atoms with Crippen LogP contribution in [-0.2, 0) is 4.79 Å². The van der Waals surface area contributed by atoms with E-state index in [9.17, 15) is 9.59 Å². The van der Waals surface area contributed by atoms with Crippen LogP contribution in [0, 0.1) is 5.92 Å². The number of hydrogen-bond donors (Lipinski definition) is 2. The molecular weight excluding hydrogens is 332 g/mol. The number of halogens is 1. The van der Waals surface area contributed by atoms with Crippen molar-refractivity contribution in [1.82, 2.24) is 0 Å². The van der Waals surface area contributed by atoms with Crippen LogP contribution in [0.15, 0.2) is 48.5 Å². The maximum atomic E-state index is 11.8. The lowest BCUT2D eigenvalue weighted by Gasteiger charge is -2.21. The van der Waals surface area contributed by atoms with Crippen LogP contribution in [0.5, 0.6) is 5.75 Å². The minimum atomic E-state index is -0.952. The van der Waals surface area contributed by atoms with Crippen molar-refractivity contribution in [1.29, 1.82) is 0 Å². The van der Waals surface area contributed by atoms with Gasteiger partial charge >= 0.3 is 12.0 Å².